The summed E-state index contributed by atoms with van der Waals surface area (Å²) in [6.45, 7) is 0. The van der Waals surface area contributed by atoms with E-state index in [-0.39, 0.29) is 6.10 Å². The first-order valence-electron chi connectivity index (χ1n) is 5.08. The van der Waals surface area contributed by atoms with E-state index in [1.807, 2.05) is 6.07 Å². The van der Waals surface area contributed by atoms with E-state index in [1.54, 1.807) is 21.3 Å². The lowest BCUT2D eigenvalue weighted by atomic mass is 10.1. The highest BCUT2D eigenvalue weighted by atomic mass is 16.5. The van der Waals surface area contributed by atoms with Crippen molar-refractivity contribution in [2.24, 2.45) is 0 Å². The third-order valence-electron chi connectivity index (χ3n) is 2.97. The fourth-order valence-electron chi connectivity index (χ4n) is 2.24. The summed E-state index contributed by atoms with van der Waals surface area (Å²) in [4.78, 5) is 0. The second kappa shape index (κ2) is 4.11. The zero-order valence-corrected chi connectivity index (χ0v) is 9.37. The highest BCUT2D eigenvalue weighted by molar-refractivity contribution is 5.53. The average Bonchev–Trinajstić information content (AvgIpc) is 2.70. The predicted molar refractivity (Wildman–Crippen MR) is 57.6 cm³/mol. The first kappa shape index (κ1) is 10.3. The van der Waals surface area contributed by atoms with Crippen molar-refractivity contribution in [2.45, 2.75) is 18.9 Å². The van der Waals surface area contributed by atoms with Crippen LogP contribution in [0.4, 0.5) is 0 Å². The fraction of sp³-hybridized carbons (Fsp3) is 0.500. The van der Waals surface area contributed by atoms with Crippen LogP contribution >= 0.6 is 0 Å². The van der Waals surface area contributed by atoms with Crippen LogP contribution in [0, 0.1) is 0 Å². The van der Waals surface area contributed by atoms with Gasteiger partial charge in [0, 0.05) is 12.7 Å². The summed E-state index contributed by atoms with van der Waals surface area (Å²) < 4.78 is 16.1. The topological polar surface area (TPSA) is 27.7 Å². The van der Waals surface area contributed by atoms with E-state index >= 15 is 0 Å². The zero-order chi connectivity index (χ0) is 10.8. The molecule has 82 valence electrons. The molecular weight excluding hydrogens is 192 g/mol. The normalized spacial score (nSPS) is 18.7. The largest absolute Gasteiger partial charge is 0.493 e. The van der Waals surface area contributed by atoms with Crippen LogP contribution < -0.4 is 9.47 Å². The van der Waals surface area contributed by atoms with E-state index in [9.17, 15) is 0 Å². The van der Waals surface area contributed by atoms with Gasteiger partial charge < -0.3 is 14.2 Å². The monoisotopic (exact) mass is 208 g/mol. The van der Waals surface area contributed by atoms with Crippen molar-refractivity contribution in [1.82, 2.24) is 0 Å². The third kappa shape index (κ3) is 1.57. The molecule has 0 N–H and O–H groups in total. The Bertz CT molecular complexity index is 360. The van der Waals surface area contributed by atoms with Crippen LogP contribution in [0.25, 0.3) is 0 Å². The molecule has 0 saturated heterocycles. The van der Waals surface area contributed by atoms with Crippen molar-refractivity contribution >= 4 is 0 Å². The van der Waals surface area contributed by atoms with Gasteiger partial charge in [0.05, 0.1) is 20.3 Å². The Morgan fingerprint density at radius 3 is 2.53 bits per heavy atom. The van der Waals surface area contributed by atoms with Crippen molar-refractivity contribution < 1.29 is 14.2 Å². The minimum Gasteiger partial charge on any atom is -0.493 e. The maximum Gasteiger partial charge on any atom is 0.164 e. The first-order chi connectivity index (χ1) is 7.31. The molecule has 1 aromatic carbocycles. The molecule has 0 saturated carbocycles. The van der Waals surface area contributed by atoms with Crippen LogP contribution in [0.2, 0.25) is 0 Å². The molecule has 1 aliphatic carbocycles. The minimum atomic E-state index is 0.208. The van der Waals surface area contributed by atoms with Gasteiger partial charge in [-0.2, -0.15) is 0 Å². The number of fused-ring (bicyclic) bond motifs is 1. The molecule has 0 heterocycles. The van der Waals surface area contributed by atoms with Crippen molar-refractivity contribution in [1.29, 1.82) is 0 Å². The third-order valence-corrected chi connectivity index (χ3v) is 2.97. The SMILES string of the molecule is COc1ccc2c(c1OC)CCC2OC. The summed E-state index contributed by atoms with van der Waals surface area (Å²) in [7, 11) is 5.09. The Morgan fingerprint density at radius 1 is 1.13 bits per heavy atom. The van der Waals surface area contributed by atoms with E-state index in [1.165, 1.54) is 11.1 Å². The molecule has 0 fully saturated rings. The quantitative estimate of drug-likeness (QED) is 0.763. The molecule has 1 aromatic rings. The number of hydrogen-bond donors (Lipinski definition) is 0. The lowest BCUT2D eigenvalue weighted by Gasteiger charge is -2.13. The van der Waals surface area contributed by atoms with Gasteiger partial charge in [-0.25, -0.2) is 0 Å². The molecule has 0 aliphatic heterocycles. The summed E-state index contributed by atoms with van der Waals surface area (Å²) in [5, 5.41) is 0. The molecule has 0 aromatic heterocycles. The van der Waals surface area contributed by atoms with E-state index in [4.69, 9.17) is 14.2 Å². The van der Waals surface area contributed by atoms with Gasteiger partial charge in [0.15, 0.2) is 11.5 Å². The standard InChI is InChI=1S/C12H16O3/c1-13-10-6-5-9-8(10)4-7-11(14-2)12(9)15-3/h4,7,10H,5-6H2,1-3H3. The van der Waals surface area contributed by atoms with Crippen molar-refractivity contribution in [3.05, 3.63) is 23.3 Å². The molecular formula is C12H16O3. The molecule has 1 aliphatic rings. The van der Waals surface area contributed by atoms with Gasteiger partial charge in [0.1, 0.15) is 0 Å². The number of ether oxygens (including phenoxy) is 3. The lowest BCUT2D eigenvalue weighted by Crippen LogP contribution is -1.98. The van der Waals surface area contributed by atoms with Gasteiger partial charge >= 0.3 is 0 Å². The molecule has 2 rings (SSSR count). The van der Waals surface area contributed by atoms with E-state index < -0.39 is 0 Å². The summed E-state index contributed by atoms with van der Waals surface area (Å²) in [6, 6.07) is 4.01. The number of methoxy groups -OCH3 is 3. The second-order valence-electron chi connectivity index (χ2n) is 3.63. The van der Waals surface area contributed by atoms with Crippen molar-refractivity contribution in [3.63, 3.8) is 0 Å². The Balaban J connectivity index is 2.48. The molecule has 0 amide bonds. The first-order valence-corrected chi connectivity index (χ1v) is 5.08. The highest BCUT2D eigenvalue weighted by Gasteiger charge is 2.26. The second-order valence-corrected chi connectivity index (χ2v) is 3.63. The number of rotatable bonds is 3. The Hall–Kier alpha value is -1.22. The van der Waals surface area contributed by atoms with Crippen LogP contribution in [0.1, 0.15) is 23.7 Å². The van der Waals surface area contributed by atoms with E-state index in [0.29, 0.717) is 0 Å². The Labute approximate surface area is 90.0 Å². The maximum atomic E-state index is 5.41. The van der Waals surface area contributed by atoms with Gasteiger partial charge in [-0.15, -0.1) is 0 Å². The summed E-state index contributed by atoms with van der Waals surface area (Å²) in [5.74, 6) is 1.66. The maximum absolute atomic E-state index is 5.41. The van der Waals surface area contributed by atoms with Gasteiger partial charge in [-0.05, 0) is 24.5 Å². The van der Waals surface area contributed by atoms with Gasteiger partial charge in [0.2, 0.25) is 0 Å². The van der Waals surface area contributed by atoms with Gasteiger partial charge in [-0.3, -0.25) is 0 Å². The van der Waals surface area contributed by atoms with Gasteiger partial charge in [-0.1, -0.05) is 6.07 Å². The zero-order valence-electron chi connectivity index (χ0n) is 9.37. The number of benzene rings is 1. The summed E-state index contributed by atoms with van der Waals surface area (Å²) in [5.41, 5.74) is 2.46. The molecule has 1 unspecified atom stereocenters. The molecule has 3 nitrogen and oxygen atoms in total. The average molecular weight is 208 g/mol. The van der Waals surface area contributed by atoms with E-state index in [2.05, 4.69) is 6.07 Å². The minimum absolute atomic E-state index is 0.208. The summed E-state index contributed by atoms with van der Waals surface area (Å²) in [6.07, 6.45) is 2.23. The smallest absolute Gasteiger partial charge is 0.164 e. The van der Waals surface area contributed by atoms with Crippen molar-refractivity contribution in [2.75, 3.05) is 21.3 Å². The van der Waals surface area contributed by atoms with Crippen LogP contribution in [-0.4, -0.2) is 21.3 Å². The lowest BCUT2D eigenvalue weighted by molar-refractivity contribution is 0.105. The molecule has 15 heavy (non-hydrogen) atoms. The Kier molecular flexibility index (Phi) is 2.82. The predicted octanol–water partition coefficient (Wildman–Crippen LogP) is 2.34. The molecule has 1 atom stereocenters. The molecule has 0 spiro atoms. The number of hydrogen-bond acceptors (Lipinski definition) is 3. The van der Waals surface area contributed by atoms with Crippen LogP contribution in [0.15, 0.2) is 12.1 Å². The van der Waals surface area contributed by atoms with Crippen LogP contribution in [0.5, 0.6) is 11.5 Å². The van der Waals surface area contributed by atoms with Crippen molar-refractivity contribution in [3.8, 4) is 11.5 Å². The summed E-state index contributed by atoms with van der Waals surface area (Å²) >= 11 is 0. The Morgan fingerprint density at radius 2 is 1.93 bits per heavy atom. The van der Waals surface area contributed by atoms with Crippen LogP contribution in [0.3, 0.4) is 0 Å². The molecule has 0 bridgehead atoms. The van der Waals surface area contributed by atoms with Gasteiger partial charge in [0.25, 0.3) is 0 Å². The fourth-order valence-corrected chi connectivity index (χ4v) is 2.24. The molecule has 3 heteroatoms. The molecule has 0 radical (unpaired) electrons. The van der Waals surface area contributed by atoms with Crippen LogP contribution in [-0.2, 0) is 11.2 Å². The highest BCUT2D eigenvalue weighted by Crippen LogP contribution is 2.43. The van der Waals surface area contributed by atoms with E-state index in [0.717, 1.165) is 24.3 Å².